The van der Waals surface area contributed by atoms with E-state index in [1.54, 1.807) is 13.3 Å². The molecule has 0 saturated carbocycles. The van der Waals surface area contributed by atoms with Crippen molar-refractivity contribution in [2.24, 2.45) is 0 Å². The number of carbonyl (C=O) groups is 1. The van der Waals surface area contributed by atoms with Gasteiger partial charge in [0.25, 0.3) is 0 Å². The minimum atomic E-state index is 0.179. The van der Waals surface area contributed by atoms with Crippen LogP contribution in [0.4, 0.5) is 0 Å². The molecule has 3 heterocycles. The zero-order valence-corrected chi connectivity index (χ0v) is 18.2. The molecule has 6 heteroatoms. The van der Waals surface area contributed by atoms with Crippen LogP contribution in [0.5, 0.6) is 5.75 Å². The van der Waals surface area contributed by atoms with Crippen LogP contribution in [0, 0.1) is 20.8 Å². The summed E-state index contributed by atoms with van der Waals surface area (Å²) in [5.41, 5.74) is 5.39. The third-order valence-corrected chi connectivity index (χ3v) is 6.10. The van der Waals surface area contributed by atoms with Gasteiger partial charge in [-0.3, -0.25) is 19.7 Å². The van der Waals surface area contributed by atoms with Gasteiger partial charge >= 0.3 is 0 Å². The molecule has 2 aromatic rings. The van der Waals surface area contributed by atoms with Crippen molar-refractivity contribution in [1.82, 2.24) is 19.8 Å². The minimum absolute atomic E-state index is 0.179. The Morgan fingerprint density at radius 3 is 2.59 bits per heavy atom. The van der Waals surface area contributed by atoms with Crippen LogP contribution in [-0.2, 0) is 17.8 Å². The van der Waals surface area contributed by atoms with Gasteiger partial charge in [-0.05, 0) is 50.8 Å². The lowest BCUT2D eigenvalue weighted by atomic mass is 10.0. The number of likely N-dealkylation sites (N-methyl/N-ethyl adjacent to an activating group) is 1. The number of aromatic nitrogens is 2. The molecule has 0 unspecified atom stereocenters. The summed E-state index contributed by atoms with van der Waals surface area (Å²) in [6, 6.07) is 2.23. The van der Waals surface area contributed by atoms with E-state index >= 15 is 0 Å². The van der Waals surface area contributed by atoms with Crippen molar-refractivity contribution in [3.63, 3.8) is 0 Å². The molecule has 6 nitrogen and oxygen atoms in total. The van der Waals surface area contributed by atoms with Gasteiger partial charge in [0.05, 0.1) is 19.2 Å². The molecule has 1 amide bonds. The van der Waals surface area contributed by atoms with Gasteiger partial charge in [0.2, 0.25) is 5.91 Å². The third kappa shape index (κ3) is 4.93. The molecule has 0 spiro atoms. The minimum Gasteiger partial charge on any atom is -0.496 e. The summed E-state index contributed by atoms with van der Waals surface area (Å²) in [5, 5.41) is 0. The highest BCUT2D eigenvalue weighted by Gasteiger charge is 2.26. The molecular formula is C23H32N4O2. The van der Waals surface area contributed by atoms with E-state index < -0.39 is 0 Å². The van der Waals surface area contributed by atoms with Gasteiger partial charge in [-0.15, -0.1) is 0 Å². The van der Waals surface area contributed by atoms with E-state index in [1.807, 2.05) is 44.3 Å². The van der Waals surface area contributed by atoms with Crippen molar-refractivity contribution in [3.05, 3.63) is 52.6 Å². The van der Waals surface area contributed by atoms with Crippen LogP contribution in [-0.4, -0.2) is 59.0 Å². The van der Waals surface area contributed by atoms with Crippen molar-refractivity contribution in [3.8, 4) is 5.75 Å². The Kier molecular flexibility index (Phi) is 6.85. The Bertz CT molecular complexity index is 860. The fourth-order valence-electron chi connectivity index (χ4n) is 4.10. The first-order valence-corrected chi connectivity index (χ1v) is 10.3. The van der Waals surface area contributed by atoms with Crippen molar-refractivity contribution >= 4 is 5.91 Å². The second-order valence-electron chi connectivity index (χ2n) is 8.04. The lowest BCUT2D eigenvalue weighted by Crippen LogP contribution is -2.45. The van der Waals surface area contributed by atoms with Crippen LogP contribution >= 0.6 is 0 Å². The summed E-state index contributed by atoms with van der Waals surface area (Å²) >= 11 is 0. The zero-order valence-electron chi connectivity index (χ0n) is 18.2. The number of rotatable bonds is 6. The van der Waals surface area contributed by atoms with Gasteiger partial charge in [-0.1, -0.05) is 0 Å². The summed E-state index contributed by atoms with van der Waals surface area (Å²) in [6.45, 7) is 8.86. The van der Waals surface area contributed by atoms with Crippen molar-refractivity contribution in [2.45, 2.75) is 52.6 Å². The van der Waals surface area contributed by atoms with Crippen LogP contribution in [0.3, 0.4) is 0 Å². The number of likely N-dealkylation sites (tertiary alicyclic amines) is 1. The number of pyridine rings is 2. The molecule has 29 heavy (non-hydrogen) atoms. The Morgan fingerprint density at radius 1 is 1.21 bits per heavy atom. The number of nitrogens with zero attached hydrogens (tertiary/aromatic N) is 4. The lowest BCUT2D eigenvalue weighted by molar-refractivity contribution is -0.132. The molecule has 0 bridgehead atoms. The quantitative estimate of drug-likeness (QED) is 0.751. The van der Waals surface area contributed by atoms with Gasteiger partial charge in [-0.25, -0.2) is 0 Å². The molecule has 0 radical (unpaired) electrons. The predicted molar refractivity (Wildman–Crippen MR) is 114 cm³/mol. The Morgan fingerprint density at radius 2 is 1.93 bits per heavy atom. The fraction of sp³-hybridized carbons (Fsp3) is 0.522. The van der Waals surface area contributed by atoms with Gasteiger partial charge in [-0.2, -0.15) is 0 Å². The summed E-state index contributed by atoms with van der Waals surface area (Å²) in [4.78, 5) is 25.8. The zero-order chi connectivity index (χ0) is 21.0. The average molecular weight is 397 g/mol. The van der Waals surface area contributed by atoms with E-state index in [4.69, 9.17) is 4.74 Å². The highest BCUT2D eigenvalue weighted by Crippen LogP contribution is 2.26. The maximum absolute atomic E-state index is 12.8. The molecule has 2 aromatic heterocycles. The second-order valence-corrected chi connectivity index (χ2v) is 8.04. The molecule has 0 aliphatic carbocycles. The van der Waals surface area contributed by atoms with E-state index in [0.717, 1.165) is 66.2 Å². The van der Waals surface area contributed by atoms with Crippen molar-refractivity contribution in [1.29, 1.82) is 0 Å². The van der Waals surface area contributed by atoms with Gasteiger partial charge in [0, 0.05) is 62.4 Å². The maximum Gasteiger partial charge on any atom is 0.226 e. The number of hydrogen-bond acceptors (Lipinski definition) is 5. The molecule has 1 aliphatic heterocycles. The third-order valence-electron chi connectivity index (χ3n) is 6.10. The number of amides is 1. The number of ether oxygens (including phenoxy) is 1. The van der Waals surface area contributed by atoms with E-state index in [1.165, 1.54) is 0 Å². The number of aryl methyl sites for hydroxylation is 2. The first kappa shape index (κ1) is 21.2. The molecular weight excluding hydrogens is 364 g/mol. The molecule has 156 valence electrons. The topological polar surface area (TPSA) is 58.6 Å². The molecule has 0 atom stereocenters. The van der Waals surface area contributed by atoms with Gasteiger partial charge in [0.15, 0.2) is 0 Å². The molecule has 0 N–H and O–H groups in total. The average Bonchev–Trinajstić information content (AvgIpc) is 2.72. The summed E-state index contributed by atoms with van der Waals surface area (Å²) in [6.07, 6.45) is 7.87. The predicted octanol–water partition coefficient (Wildman–Crippen LogP) is 3.08. The Balaban J connectivity index is 1.55. The standard InChI is InChI=1S/C23H32N4O2/c1-16-13-24-9-6-19(16)12-22(28)26(4)20-7-10-27(11-8-20)15-21-18(3)23(29-5)17(2)14-25-21/h6,9,13-14,20H,7-8,10-12,15H2,1-5H3. The van der Waals surface area contributed by atoms with E-state index in [-0.39, 0.29) is 5.91 Å². The maximum atomic E-state index is 12.8. The molecule has 1 fully saturated rings. The molecule has 1 saturated heterocycles. The summed E-state index contributed by atoms with van der Waals surface area (Å²) < 4.78 is 5.53. The number of hydrogen-bond donors (Lipinski definition) is 0. The van der Waals surface area contributed by atoms with E-state index in [0.29, 0.717) is 12.5 Å². The van der Waals surface area contributed by atoms with Crippen LogP contribution in [0.25, 0.3) is 0 Å². The number of methoxy groups -OCH3 is 1. The normalized spacial score (nSPS) is 15.3. The molecule has 1 aliphatic rings. The largest absolute Gasteiger partial charge is 0.496 e. The highest BCUT2D eigenvalue weighted by molar-refractivity contribution is 5.79. The van der Waals surface area contributed by atoms with Crippen LogP contribution in [0.1, 0.15) is 40.8 Å². The molecule has 0 aromatic carbocycles. The van der Waals surface area contributed by atoms with E-state index in [2.05, 4.69) is 21.8 Å². The van der Waals surface area contributed by atoms with Crippen LogP contribution < -0.4 is 4.74 Å². The number of piperidine rings is 1. The summed E-state index contributed by atoms with van der Waals surface area (Å²) in [7, 11) is 3.65. The SMILES string of the molecule is COc1c(C)cnc(CN2CCC(N(C)C(=O)Cc3ccncc3C)CC2)c1C. The Hall–Kier alpha value is -2.47. The Labute approximate surface area is 173 Å². The smallest absolute Gasteiger partial charge is 0.226 e. The van der Waals surface area contributed by atoms with Gasteiger partial charge < -0.3 is 9.64 Å². The molecule has 3 rings (SSSR count). The van der Waals surface area contributed by atoms with Crippen LogP contribution in [0.15, 0.2) is 24.7 Å². The number of carbonyl (C=O) groups excluding carboxylic acids is 1. The fourth-order valence-corrected chi connectivity index (χ4v) is 4.10. The van der Waals surface area contributed by atoms with Crippen molar-refractivity contribution < 1.29 is 9.53 Å². The lowest BCUT2D eigenvalue weighted by Gasteiger charge is -2.37. The van der Waals surface area contributed by atoms with E-state index in [9.17, 15) is 4.79 Å². The van der Waals surface area contributed by atoms with Gasteiger partial charge in [0.1, 0.15) is 5.75 Å². The summed E-state index contributed by atoms with van der Waals surface area (Å²) in [5.74, 6) is 1.11. The first-order chi connectivity index (χ1) is 13.9. The highest BCUT2D eigenvalue weighted by atomic mass is 16.5. The van der Waals surface area contributed by atoms with Crippen LogP contribution in [0.2, 0.25) is 0 Å². The monoisotopic (exact) mass is 396 g/mol. The second kappa shape index (κ2) is 9.35. The van der Waals surface area contributed by atoms with Crippen molar-refractivity contribution in [2.75, 3.05) is 27.2 Å². The first-order valence-electron chi connectivity index (χ1n) is 10.3.